The summed E-state index contributed by atoms with van der Waals surface area (Å²) >= 11 is 0. The van der Waals surface area contributed by atoms with Gasteiger partial charge in [-0.05, 0) is 87.5 Å². The first-order valence-electron chi connectivity index (χ1n) is 7.31. The Kier molecular flexibility index (Phi) is 8.83. The third-order valence-electron chi connectivity index (χ3n) is 4.10. The zero-order valence-corrected chi connectivity index (χ0v) is 13.8. The molecule has 0 aliphatic carbocycles. The summed E-state index contributed by atoms with van der Waals surface area (Å²) in [6.07, 6.45) is 6.45. The van der Waals surface area contributed by atoms with Crippen LogP contribution in [-0.2, 0) is 0 Å². The van der Waals surface area contributed by atoms with E-state index >= 15 is 0 Å². The lowest BCUT2D eigenvalue weighted by molar-refractivity contribution is 0.109. The molecule has 0 N–H and O–H groups in total. The van der Waals surface area contributed by atoms with Gasteiger partial charge in [-0.3, -0.25) is 0 Å². The van der Waals surface area contributed by atoms with Crippen LogP contribution in [0.2, 0.25) is 0 Å². The molecule has 0 spiro atoms. The summed E-state index contributed by atoms with van der Waals surface area (Å²) in [6.45, 7) is 4.73. The van der Waals surface area contributed by atoms with Crippen LogP contribution in [0.25, 0.3) is 0 Å². The minimum absolute atomic E-state index is 0.395. The van der Waals surface area contributed by atoms with E-state index in [1.807, 2.05) is 0 Å². The number of nitrogens with zero attached hydrogens (tertiary/aromatic N) is 3. The van der Waals surface area contributed by atoms with Gasteiger partial charge in [-0.1, -0.05) is 6.92 Å². The van der Waals surface area contributed by atoms with Crippen molar-refractivity contribution in [3.05, 3.63) is 0 Å². The van der Waals surface area contributed by atoms with E-state index in [1.54, 1.807) is 0 Å². The summed E-state index contributed by atoms with van der Waals surface area (Å²) in [6, 6.07) is 0. The van der Waals surface area contributed by atoms with Gasteiger partial charge in [0.1, 0.15) is 0 Å². The molecule has 0 fully saturated rings. The Balaban J connectivity index is 4.32. The van der Waals surface area contributed by atoms with Gasteiger partial charge in [0.2, 0.25) is 0 Å². The largest absolute Gasteiger partial charge is 0.309 e. The molecule has 3 nitrogen and oxygen atoms in total. The lowest BCUT2D eigenvalue weighted by atomic mass is 9.84. The minimum atomic E-state index is 0.395. The first kappa shape index (κ1) is 17.9. The molecular weight excluding hydrogens is 222 g/mol. The van der Waals surface area contributed by atoms with Crippen molar-refractivity contribution < 1.29 is 0 Å². The van der Waals surface area contributed by atoms with Gasteiger partial charge in [0, 0.05) is 5.54 Å². The van der Waals surface area contributed by atoms with E-state index in [1.165, 1.54) is 45.2 Å². The van der Waals surface area contributed by atoms with Crippen molar-refractivity contribution in [1.82, 2.24) is 14.7 Å². The molecule has 0 aliphatic rings. The summed E-state index contributed by atoms with van der Waals surface area (Å²) < 4.78 is 0. The Labute approximate surface area is 115 Å². The van der Waals surface area contributed by atoms with Crippen molar-refractivity contribution in [2.45, 2.75) is 44.6 Å². The smallest absolute Gasteiger partial charge is 0.0201 e. The van der Waals surface area contributed by atoms with Gasteiger partial charge in [-0.25, -0.2) is 0 Å². The van der Waals surface area contributed by atoms with Crippen LogP contribution in [0.4, 0.5) is 0 Å². The maximum atomic E-state index is 2.46. The summed E-state index contributed by atoms with van der Waals surface area (Å²) in [7, 11) is 13.1. The third-order valence-corrected chi connectivity index (χ3v) is 4.10. The number of hydrogen-bond acceptors (Lipinski definition) is 3. The van der Waals surface area contributed by atoms with Gasteiger partial charge in [0.05, 0.1) is 0 Å². The van der Waals surface area contributed by atoms with Crippen LogP contribution in [-0.4, -0.2) is 75.6 Å². The fourth-order valence-electron chi connectivity index (χ4n) is 2.69. The van der Waals surface area contributed by atoms with Crippen molar-refractivity contribution in [2.24, 2.45) is 0 Å². The standard InChI is InChI=1S/C15H35N3/c1-8-15(18(6)7,11-9-13-16(2)3)12-10-14-17(4)5/h8-14H2,1-7H3. The Bertz CT molecular complexity index is 186. The molecule has 0 aromatic carbocycles. The Morgan fingerprint density at radius 2 is 1.11 bits per heavy atom. The molecule has 0 heterocycles. The van der Waals surface area contributed by atoms with Crippen molar-refractivity contribution in [3.63, 3.8) is 0 Å². The van der Waals surface area contributed by atoms with Crippen molar-refractivity contribution in [3.8, 4) is 0 Å². The molecule has 0 saturated carbocycles. The molecule has 0 aromatic rings. The molecule has 0 bridgehead atoms. The second-order valence-corrected chi connectivity index (χ2v) is 6.29. The molecular formula is C15H35N3. The second kappa shape index (κ2) is 8.89. The van der Waals surface area contributed by atoms with Crippen LogP contribution in [0.1, 0.15) is 39.0 Å². The Hall–Kier alpha value is -0.120. The maximum Gasteiger partial charge on any atom is 0.0201 e. The molecule has 0 aromatic heterocycles. The van der Waals surface area contributed by atoms with Gasteiger partial charge in [0.15, 0.2) is 0 Å². The van der Waals surface area contributed by atoms with E-state index in [9.17, 15) is 0 Å². The predicted octanol–water partition coefficient (Wildman–Crippen LogP) is 2.38. The van der Waals surface area contributed by atoms with E-state index in [2.05, 4.69) is 63.9 Å². The molecule has 0 aliphatic heterocycles. The van der Waals surface area contributed by atoms with Crippen LogP contribution in [0.3, 0.4) is 0 Å². The first-order valence-corrected chi connectivity index (χ1v) is 7.31. The second-order valence-electron chi connectivity index (χ2n) is 6.29. The van der Waals surface area contributed by atoms with Gasteiger partial charge in [-0.2, -0.15) is 0 Å². The Morgan fingerprint density at radius 1 is 0.722 bits per heavy atom. The van der Waals surface area contributed by atoms with Crippen LogP contribution < -0.4 is 0 Å². The predicted molar refractivity (Wildman–Crippen MR) is 82.3 cm³/mol. The fourth-order valence-corrected chi connectivity index (χ4v) is 2.69. The molecule has 0 rings (SSSR count). The topological polar surface area (TPSA) is 9.72 Å². The first-order chi connectivity index (χ1) is 8.34. The van der Waals surface area contributed by atoms with Crippen LogP contribution in [0, 0.1) is 0 Å². The highest BCUT2D eigenvalue weighted by Crippen LogP contribution is 2.28. The molecule has 0 atom stereocenters. The molecule has 0 amide bonds. The highest BCUT2D eigenvalue weighted by atomic mass is 15.1. The zero-order valence-electron chi connectivity index (χ0n) is 13.8. The van der Waals surface area contributed by atoms with Crippen LogP contribution in [0.15, 0.2) is 0 Å². The average Bonchev–Trinajstić information content (AvgIpc) is 2.25. The van der Waals surface area contributed by atoms with E-state index in [0.29, 0.717) is 5.54 Å². The lowest BCUT2D eigenvalue weighted by Gasteiger charge is -2.40. The molecule has 0 saturated heterocycles. The number of hydrogen-bond donors (Lipinski definition) is 0. The minimum Gasteiger partial charge on any atom is -0.309 e. The van der Waals surface area contributed by atoms with Gasteiger partial charge in [-0.15, -0.1) is 0 Å². The highest BCUT2D eigenvalue weighted by Gasteiger charge is 2.29. The van der Waals surface area contributed by atoms with Crippen LogP contribution in [0.5, 0.6) is 0 Å². The van der Waals surface area contributed by atoms with E-state index < -0.39 is 0 Å². The molecule has 0 unspecified atom stereocenters. The van der Waals surface area contributed by atoms with Gasteiger partial charge >= 0.3 is 0 Å². The summed E-state index contributed by atoms with van der Waals surface area (Å²) in [5, 5.41) is 0. The summed E-state index contributed by atoms with van der Waals surface area (Å²) in [4.78, 5) is 7.03. The van der Waals surface area contributed by atoms with Crippen LogP contribution >= 0.6 is 0 Å². The van der Waals surface area contributed by atoms with E-state index in [0.717, 1.165) is 0 Å². The normalized spacial score (nSPS) is 13.0. The molecule has 0 radical (unpaired) electrons. The fraction of sp³-hybridized carbons (Fsp3) is 1.00. The lowest BCUT2D eigenvalue weighted by Crippen LogP contribution is -2.44. The Morgan fingerprint density at radius 3 is 1.33 bits per heavy atom. The zero-order chi connectivity index (χ0) is 14.2. The van der Waals surface area contributed by atoms with Gasteiger partial charge < -0.3 is 14.7 Å². The summed E-state index contributed by atoms with van der Waals surface area (Å²) in [5.41, 5.74) is 0.395. The van der Waals surface area contributed by atoms with E-state index in [-0.39, 0.29) is 0 Å². The SMILES string of the molecule is CCC(CCCN(C)C)(CCCN(C)C)N(C)C. The molecule has 18 heavy (non-hydrogen) atoms. The molecule has 3 heteroatoms. The molecule has 110 valence electrons. The van der Waals surface area contributed by atoms with Crippen molar-refractivity contribution >= 4 is 0 Å². The monoisotopic (exact) mass is 257 g/mol. The average molecular weight is 257 g/mol. The van der Waals surface area contributed by atoms with Gasteiger partial charge in [0.25, 0.3) is 0 Å². The maximum absolute atomic E-state index is 2.46. The van der Waals surface area contributed by atoms with Crippen molar-refractivity contribution in [1.29, 1.82) is 0 Å². The quantitative estimate of drug-likeness (QED) is 0.595. The third kappa shape index (κ3) is 6.72. The van der Waals surface area contributed by atoms with E-state index in [4.69, 9.17) is 0 Å². The number of rotatable bonds is 10. The summed E-state index contributed by atoms with van der Waals surface area (Å²) in [5.74, 6) is 0. The highest BCUT2D eigenvalue weighted by molar-refractivity contribution is 4.86. The van der Waals surface area contributed by atoms with Crippen molar-refractivity contribution in [2.75, 3.05) is 55.4 Å².